The van der Waals surface area contributed by atoms with Crippen LogP contribution in [-0.2, 0) is 4.79 Å². The molecule has 0 aromatic heterocycles. The van der Waals surface area contributed by atoms with Crippen molar-refractivity contribution in [2.45, 2.75) is 20.8 Å². The fourth-order valence-electron chi connectivity index (χ4n) is 0.900. The molecule has 0 aliphatic heterocycles. The Morgan fingerprint density at radius 1 is 1.25 bits per heavy atom. The summed E-state index contributed by atoms with van der Waals surface area (Å²) >= 11 is 0. The van der Waals surface area contributed by atoms with Crippen molar-refractivity contribution in [2.75, 3.05) is 20.1 Å². The first kappa shape index (κ1) is 11.4. The van der Waals surface area contributed by atoms with Crippen molar-refractivity contribution in [1.82, 2.24) is 10.6 Å². The number of rotatable bonds is 5. The molecule has 3 heteroatoms. The first-order chi connectivity index (χ1) is 5.57. The maximum Gasteiger partial charge on any atom is 0.222 e. The first-order valence-electron chi connectivity index (χ1n) is 4.50. The molecule has 0 aliphatic carbocycles. The summed E-state index contributed by atoms with van der Waals surface area (Å²) in [6.07, 6.45) is 0. The molecule has 0 heterocycles. The van der Waals surface area contributed by atoms with E-state index in [1.165, 1.54) is 0 Å². The van der Waals surface area contributed by atoms with Gasteiger partial charge in [-0.05, 0) is 19.5 Å². The largest absolute Gasteiger partial charge is 0.356 e. The lowest BCUT2D eigenvalue weighted by molar-refractivity contribution is -0.124. The molecule has 1 amide bonds. The van der Waals surface area contributed by atoms with Crippen LogP contribution in [0, 0.1) is 11.8 Å². The quantitative estimate of drug-likeness (QED) is 0.638. The molecule has 0 aromatic carbocycles. The summed E-state index contributed by atoms with van der Waals surface area (Å²) in [5.41, 5.74) is 0. The molecule has 0 saturated carbocycles. The van der Waals surface area contributed by atoms with Gasteiger partial charge in [-0.3, -0.25) is 4.79 Å². The number of nitrogens with one attached hydrogen (secondary N) is 2. The smallest absolute Gasteiger partial charge is 0.222 e. The zero-order valence-electron chi connectivity index (χ0n) is 8.48. The van der Waals surface area contributed by atoms with E-state index in [0.29, 0.717) is 5.92 Å². The van der Waals surface area contributed by atoms with Crippen LogP contribution in [-0.4, -0.2) is 26.0 Å². The summed E-state index contributed by atoms with van der Waals surface area (Å²) in [6.45, 7) is 7.61. The van der Waals surface area contributed by atoms with Crippen molar-refractivity contribution >= 4 is 5.91 Å². The molecule has 0 fully saturated rings. The van der Waals surface area contributed by atoms with E-state index in [2.05, 4.69) is 17.6 Å². The SMILES string of the molecule is CNCC(C)CNC(=O)C(C)C. The van der Waals surface area contributed by atoms with Crippen LogP contribution >= 0.6 is 0 Å². The lowest BCUT2D eigenvalue weighted by atomic mass is 10.1. The molecule has 0 aromatic rings. The highest BCUT2D eigenvalue weighted by molar-refractivity contribution is 5.77. The zero-order chi connectivity index (χ0) is 9.56. The number of carbonyl (C=O) groups is 1. The molecule has 3 nitrogen and oxygen atoms in total. The second-order valence-electron chi connectivity index (χ2n) is 3.56. The monoisotopic (exact) mass is 172 g/mol. The molecule has 0 radical (unpaired) electrons. The van der Waals surface area contributed by atoms with Crippen molar-refractivity contribution in [2.24, 2.45) is 11.8 Å². The lowest BCUT2D eigenvalue weighted by Gasteiger charge is -2.13. The minimum atomic E-state index is 0.0896. The number of amides is 1. The van der Waals surface area contributed by atoms with Crippen molar-refractivity contribution in [3.63, 3.8) is 0 Å². The highest BCUT2D eigenvalue weighted by atomic mass is 16.1. The Hall–Kier alpha value is -0.570. The second-order valence-corrected chi connectivity index (χ2v) is 3.56. The van der Waals surface area contributed by atoms with Crippen LogP contribution in [0.25, 0.3) is 0 Å². The van der Waals surface area contributed by atoms with Gasteiger partial charge < -0.3 is 10.6 Å². The van der Waals surface area contributed by atoms with E-state index >= 15 is 0 Å². The van der Waals surface area contributed by atoms with E-state index in [-0.39, 0.29) is 11.8 Å². The molecule has 0 saturated heterocycles. The average Bonchev–Trinajstić information content (AvgIpc) is 2.00. The normalized spacial score (nSPS) is 13.1. The maximum absolute atomic E-state index is 11.1. The Bertz CT molecular complexity index is 134. The minimum absolute atomic E-state index is 0.0896. The van der Waals surface area contributed by atoms with Gasteiger partial charge in [0.2, 0.25) is 5.91 Å². The molecule has 72 valence electrons. The van der Waals surface area contributed by atoms with Gasteiger partial charge in [0.1, 0.15) is 0 Å². The number of carbonyl (C=O) groups excluding carboxylic acids is 1. The van der Waals surface area contributed by atoms with Crippen molar-refractivity contribution in [1.29, 1.82) is 0 Å². The van der Waals surface area contributed by atoms with Crippen molar-refractivity contribution in [3.8, 4) is 0 Å². The molecule has 1 atom stereocenters. The van der Waals surface area contributed by atoms with Gasteiger partial charge in [-0.1, -0.05) is 20.8 Å². The molecule has 0 bridgehead atoms. The van der Waals surface area contributed by atoms with E-state index in [4.69, 9.17) is 0 Å². The van der Waals surface area contributed by atoms with E-state index < -0.39 is 0 Å². The van der Waals surface area contributed by atoms with Gasteiger partial charge in [-0.2, -0.15) is 0 Å². The van der Waals surface area contributed by atoms with Gasteiger partial charge in [0.15, 0.2) is 0 Å². The van der Waals surface area contributed by atoms with Gasteiger partial charge in [-0.25, -0.2) is 0 Å². The Labute approximate surface area is 74.9 Å². The molecular formula is C9H20N2O. The number of hydrogen-bond acceptors (Lipinski definition) is 2. The summed E-state index contributed by atoms with van der Waals surface area (Å²) < 4.78 is 0. The molecule has 12 heavy (non-hydrogen) atoms. The molecule has 1 unspecified atom stereocenters. The third-order valence-corrected chi connectivity index (χ3v) is 1.70. The van der Waals surface area contributed by atoms with Gasteiger partial charge in [0.05, 0.1) is 0 Å². The molecule has 0 rings (SSSR count). The van der Waals surface area contributed by atoms with Crippen molar-refractivity contribution < 1.29 is 4.79 Å². The molecule has 0 aliphatic rings. The van der Waals surface area contributed by atoms with Crippen LogP contribution in [0.3, 0.4) is 0 Å². The summed E-state index contributed by atoms with van der Waals surface area (Å²) in [5, 5.41) is 5.96. The van der Waals surface area contributed by atoms with E-state index in [0.717, 1.165) is 13.1 Å². The highest BCUT2D eigenvalue weighted by Gasteiger charge is 2.07. The van der Waals surface area contributed by atoms with Gasteiger partial charge in [0.25, 0.3) is 0 Å². The Kier molecular flexibility index (Phi) is 5.72. The van der Waals surface area contributed by atoms with Crippen LogP contribution < -0.4 is 10.6 Å². The molecule has 2 N–H and O–H groups in total. The third kappa shape index (κ3) is 5.13. The van der Waals surface area contributed by atoms with Gasteiger partial charge in [0, 0.05) is 12.5 Å². The highest BCUT2D eigenvalue weighted by Crippen LogP contribution is 1.93. The predicted octanol–water partition coefficient (Wildman–Crippen LogP) is 0.614. The van der Waals surface area contributed by atoms with Crippen LogP contribution in [0.1, 0.15) is 20.8 Å². The summed E-state index contributed by atoms with van der Waals surface area (Å²) in [4.78, 5) is 11.1. The second kappa shape index (κ2) is 6.00. The zero-order valence-corrected chi connectivity index (χ0v) is 8.48. The van der Waals surface area contributed by atoms with E-state index in [1.807, 2.05) is 20.9 Å². The van der Waals surface area contributed by atoms with Gasteiger partial charge in [-0.15, -0.1) is 0 Å². The van der Waals surface area contributed by atoms with E-state index in [1.54, 1.807) is 0 Å². The van der Waals surface area contributed by atoms with E-state index in [9.17, 15) is 4.79 Å². The summed E-state index contributed by atoms with van der Waals surface area (Å²) in [6, 6.07) is 0. The van der Waals surface area contributed by atoms with Crippen LogP contribution in [0.15, 0.2) is 0 Å². The lowest BCUT2D eigenvalue weighted by Crippen LogP contribution is -2.34. The summed E-state index contributed by atoms with van der Waals surface area (Å²) in [5.74, 6) is 0.724. The topological polar surface area (TPSA) is 41.1 Å². The van der Waals surface area contributed by atoms with Crippen LogP contribution in [0.5, 0.6) is 0 Å². The average molecular weight is 172 g/mol. The first-order valence-corrected chi connectivity index (χ1v) is 4.50. The number of hydrogen-bond donors (Lipinski definition) is 2. The molecule has 0 spiro atoms. The predicted molar refractivity (Wildman–Crippen MR) is 50.9 cm³/mol. The standard InChI is InChI=1S/C9H20N2O/c1-7(2)9(12)11-6-8(3)5-10-4/h7-8,10H,5-6H2,1-4H3,(H,11,12). The Morgan fingerprint density at radius 3 is 2.25 bits per heavy atom. The fourth-order valence-corrected chi connectivity index (χ4v) is 0.900. The minimum Gasteiger partial charge on any atom is -0.356 e. The summed E-state index contributed by atoms with van der Waals surface area (Å²) in [7, 11) is 1.92. The van der Waals surface area contributed by atoms with Gasteiger partial charge >= 0.3 is 0 Å². The van der Waals surface area contributed by atoms with Crippen molar-refractivity contribution in [3.05, 3.63) is 0 Å². The maximum atomic E-state index is 11.1. The fraction of sp³-hybridized carbons (Fsp3) is 0.889. The van der Waals surface area contributed by atoms with Crippen LogP contribution in [0.4, 0.5) is 0 Å². The molecular weight excluding hydrogens is 152 g/mol. The third-order valence-electron chi connectivity index (χ3n) is 1.70. The Balaban J connectivity index is 3.47. The Morgan fingerprint density at radius 2 is 1.83 bits per heavy atom. The van der Waals surface area contributed by atoms with Crippen LogP contribution in [0.2, 0.25) is 0 Å².